The van der Waals surface area contributed by atoms with E-state index in [-0.39, 0.29) is 30.0 Å². The average molecular weight is 484 g/mol. The lowest BCUT2D eigenvalue weighted by molar-refractivity contribution is -0.143. The SMILES string of the molecule is COC(=O)N1c2ccc3c(nc([C@@H](O)C4CCCCC4)n3[C@@H]3CCC[C@@H](C(=O)O)C3)c2CC[C@@H]1C. The molecule has 4 atom stereocenters. The van der Waals surface area contributed by atoms with Gasteiger partial charge in [0.25, 0.3) is 0 Å². The Morgan fingerprint density at radius 3 is 2.57 bits per heavy atom. The summed E-state index contributed by atoms with van der Waals surface area (Å²) < 4.78 is 7.23. The highest BCUT2D eigenvalue weighted by molar-refractivity contribution is 5.95. The number of carbonyl (C=O) groups is 2. The largest absolute Gasteiger partial charge is 0.481 e. The predicted molar refractivity (Wildman–Crippen MR) is 133 cm³/mol. The summed E-state index contributed by atoms with van der Waals surface area (Å²) in [5.41, 5.74) is 3.58. The van der Waals surface area contributed by atoms with Crippen molar-refractivity contribution in [3.8, 4) is 0 Å². The second-order valence-corrected chi connectivity index (χ2v) is 10.7. The highest BCUT2D eigenvalue weighted by atomic mass is 16.5. The van der Waals surface area contributed by atoms with E-state index in [0.717, 1.165) is 73.7 Å². The molecule has 0 radical (unpaired) electrons. The molecule has 2 heterocycles. The van der Waals surface area contributed by atoms with Crippen LogP contribution in [0.15, 0.2) is 12.1 Å². The quantitative estimate of drug-likeness (QED) is 0.605. The first-order valence-electron chi connectivity index (χ1n) is 13.2. The molecule has 0 unspecified atom stereocenters. The van der Waals surface area contributed by atoms with E-state index < -0.39 is 12.1 Å². The van der Waals surface area contributed by atoms with Gasteiger partial charge < -0.3 is 19.5 Å². The fourth-order valence-electron chi connectivity index (χ4n) is 6.67. The number of rotatable bonds is 4. The molecule has 2 N–H and O–H groups in total. The Hall–Kier alpha value is -2.61. The van der Waals surface area contributed by atoms with Gasteiger partial charge in [0.15, 0.2) is 0 Å². The van der Waals surface area contributed by atoms with Crippen molar-refractivity contribution in [2.75, 3.05) is 12.0 Å². The minimum atomic E-state index is -0.742. The molecule has 8 heteroatoms. The van der Waals surface area contributed by atoms with E-state index in [9.17, 15) is 19.8 Å². The van der Waals surface area contributed by atoms with Crippen LogP contribution in [0, 0.1) is 11.8 Å². The number of anilines is 1. The molecule has 0 saturated heterocycles. The zero-order valence-electron chi connectivity index (χ0n) is 20.8. The normalized spacial score (nSPS) is 26.4. The van der Waals surface area contributed by atoms with Gasteiger partial charge in [0, 0.05) is 17.6 Å². The van der Waals surface area contributed by atoms with Crippen LogP contribution in [0.4, 0.5) is 10.5 Å². The van der Waals surface area contributed by atoms with Crippen LogP contribution in [0.5, 0.6) is 0 Å². The lowest BCUT2D eigenvalue weighted by atomic mass is 9.83. The van der Waals surface area contributed by atoms with E-state index in [2.05, 4.69) is 4.57 Å². The maximum absolute atomic E-state index is 12.6. The second-order valence-electron chi connectivity index (χ2n) is 10.7. The Labute approximate surface area is 206 Å². The Bertz CT molecular complexity index is 1110. The standard InChI is InChI=1S/C27H37N3O5/c1-16-11-12-20-21(29(16)27(34)35-2)13-14-22-23(20)28-25(24(31)17-7-4-3-5-8-17)30(22)19-10-6-9-18(15-19)26(32)33/h13-14,16-19,24,31H,3-12,15H2,1-2H3,(H,32,33)/t16-,18+,19+,24-/m0/s1. The maximum Gasteiger partial charge on any atom is 0.414 e. The van der Waals surface area contributed by atoms with E-state index in [1.807, 2.05) is 19.1 Å². The van der Waals surface area contributed by atoms with Crippen molar-refractivity contribution in [1.82, 2.24) is 9.55 Å². The Kier molecular flexibility index (Phi) is 6.75. The Morgan fingerprint density at radius 2 is 1.86 bits per heavy atom. The molecule has 2 saturated carbocycles. The number of amides is 1. The predicted octanol–water partition coefficient (Wildman–Crippen LogP) is 5.37. The van der Waals surface area contributed by atoms with Crippen molar-refractivity contribution in [2.45, 2.75) is 95.7 Å². The lowest BCUT2D eigenvalue weighted by Crippen LogP contribution is -2.42. The van der Waals surface area contributed by atoms with Gasteiger partial charge in [-0.3, -0.25) is 9.69 Å². The number of carboxylic acid groups (broad SMARTS) is 1. The van der Waals surface area contributed by atoms with Gasteiger partial charge in [-0.25, -0.2) is 9.78 Å². The van der Waals surface area contributed by atoms with E-state index >= 15 is 0 Å². The van der Waals surface area contributed by atoms with Crippen LogP contribution < -0.4 is 4.90 Å². The van der Waals surface area contributed by atoms with Gasteiger partial charge >= 0.3 is 12.1 Å². The van der Waals surface area contributed by atoms with Gasteiger partial charge in [-0.1, -0.05) is 25.7 Å². The lowest BCUT2D eigenvalue weighted by Gasteiger charge is -2.34. The number of nitrogens with zero attached hydrogens (tertiary/aromatic N) is 3. The van der Waals surface area contributed by atoms with Crippen LogP contribution in [0.2, 0.25) is 0 Å². The van der Waals surface area contributed by atoms with E-state index in [4.69, 9.17) is 9.72 Å². The summed E-state index contributed by atoms with van der Waals surface area (Å²) in [4.78, 5) is 31.2. The molecule has 3 aliphatic rings. The van der Waals surface area contributed by atoms with Crippen molar-refractivity contribution in [3.05, 3.63) is 23.5 Å². The van der Waals surface area contributed by atoms with Crippen LogP contribution >= 0.6 is 0 Å². The van der Waals surface area contributed by atoms with Gasteiger partial charge in [0.05, 0.1) is 29.7 Å². The van der Waals surface area contributed by atoms with Crippen LogP contribution in [-0.4, -0.2) is 45.0 Å². The Balaban J connectivity index is 1.64. The van der Waals surface area contributed by atoms with Crippen LogP contribution in [0.3, 0.4) is 0 Å². The number of aryl methyl sites for hydroxylation is 1. The first-order valence-corrected chi connectivity index (χ1v) is 13.2. The zero-order chi connectivity index (χ0) is 24.7. The first kappa shape index (κ1) is 24.1. The number of aliphatic hydroxyl groups excluding tert-OH is 1. The number of carboxylic acids is 1. The van der Waals surface area contributed by atoms with E-state index in [1.54, 1.807) is 4.90 Å². The molecular formula is C27H37N3O5. The van der Waals surface area contributed by atoms with Crippen molar-refractivity contribution >= 4 is 28.8 Å². The minimum Gasteiger partial charge on any atom is -0.481 e. The number of aromatic nitrogens is 2. The third-order valence-electron chi connectivity index (χ3n) is 8.57. The smallest absolute Gasteiger partial charge is 0.414 e. The molecule has 35 heavy (non-hydrogen) atoms. The fraction of sp³-hybridized carbons (Fsp3) is 0.667. The van der Waals surface area contributed by atoms with Crippen molar-refractivity contribution in [3.63, 3.8) is 0 Å². The summed E-state index contributed by atoms with van der Waals surface area (Å²) in [6.45, 7) is 2.02. The molecule has 1 aromatic heterocycles. The number of hydrogen-bond donors (Lipinski definition) is 2. The molecule has 0 bridgehead atoms. The summed E-state index contributed by atoms with van der Waals surface area (Å²) in [6, 6.07) is 3.98. The van der Waals surface area contributed by atoms with Gasteiger partial charge in [0.2, 0.25) is 0 Å². The highest BCUT2D eigenvalue weighted by Gasteiger charge is 2.36. The second kappa shape index (κ2) is 9.80. The molecule has 2 aliphatic carbocycles. The number of aliphatic hydroxyl groups is 1. The number of ether oxygens (including phenoxy) is 1. The molecule has 2 aromatic rings. The summed E-state index contributed by atoms with van der Waals surface area (Å²) in [7, 11) is 1.40. The monoisotopic (exact) mass is 483 g/mol. The molecule has 1 aromatic carbocycles. The summed E-state index contributed by atoms with van der Waals surface area (Å²) >= 11 is 0. The molecule has 1 aliphatic heterocycles. The van der Waals surface area contributed by atoms with Gasteiger partial charge in [-0.2, -0.15) is 0 Å². The fourth-order valence-corrected chi connectivity index (χ4v) is 6.67. The molecular weight excluding hydrogens is 446 g/mol. The minimum absolute atomic E-state index is 0.0136. The summed E-state index contributed by atoms with van der Waals surface area (Å²) in [5.74, 6) is -0.284. The first-order chi connectivity index (χ1) is 16.9. The number of carbonyl (C=O) groups excluding carboxylic acids is 1. The van der Waals surface area contributed by atoms with E-state index in [0.29, 0.717) is 18.7 Å². The van der Waals surface area contributed by atoms with Crippen LogP contribution in [0.25, 0.3) is 11.0 Å². The molecule has 8 nitrogen and oxygen atoms in total. The van der Waals surface area contributed by atoms with Crippen molar-refractivity contribution in [2.24, 2.45) is 11.8 Å². The van der Waals surface area contributed by atoms with Gasteiger partial charge in [-0.05, 0) is 69.9 Å². The summed E-state index contributed by atoms with van der Waals surface area (Å²) in [6.07, 6.45) is 8.92. The topological polar surface area (TPSA) is 105 Å². The highest BCUT2D eigenvalue weighted by Crippen LogP contribution is 2.43. The zero-order valence-corrected chi connectivity index (χ0v) is 20.8. The number of hydrogen-bond acceptors (Lipinski definition) is 5. The number of benzene rings is 1. The van der Waals surface area contributed by atoms with Crippen molar-refractivity contribution in [1.29, 1.82) is 0 Å². The number of aliphatic carboxylic acids is 1. The average Bonchev–Trinajstić information content (AvgIpc) is 3.28. The third-order valence-corrected chi connectivity index (χ3v) is 8.57. The van der Waals surface area contributed by atoms with Crippen molar-refractivity contribution < 1.29 is 24.5 Å². The summed E-state index contributed by atoms with van der Waals surface area (Å²) in [5, 5.41) is 21.3. The van der Waals surface area contributed by atoms with Gasteiger partial charge in [0.1, 0.15) is 11.9 Å². The van der Waals surface area contributed by atoms with E-state index in [1.165, 1.54) is 13.5 Å². The van der Waals surface area contributed by atoms with Gasteiger partial charge in [-0.15, -0.1) is 0 Å². The third kappa shape index (κ3) is 4.30. The number of methoxy groups -OCH3 is 1. The molecule has 2 fully saturated rings. The molecule has 0 spiro atoms. The van der Waals surface area contributed by atoms with Crippen LogP contribution in [-0.2, 0) is 16.0 Å². The molecule has 5 rings (SSSR count). The number of fused-ring (bicyclic) bond motifs is 3. The van der Waals surface area contributed by atoms with Crippen LogP contribution in [0.1, 0.15) is 94.7 Å². The molecule has 1 amide bonds. The number of imidazole rings is 1. The maximum atomic E-state index is 12.6. The molecule has 190 valence electrons. The Morgan fingerprint density at radius 1 is 1.09 bits per heavy atom.